The zero-order valence-corrected chi connectivity index (χ0v) is 37.4. The molecule has 1 nitrogen and oxygen atoms in total. The average Bonchev–Trinajstić information content (AvgIpc) is 3.87. The first kappa shape index (κ1) is 39.6. The van der Waals surface area contributed by atoms with Crippen molar-refractivity contribution in [1.29, 1.82) is 0 Å². The Balaban J connectivity index is 0.916. The van der Waals surface area contributed by atoms with Crippen LogP contribution in [-0.4, -0.2) is 0 Å². The fourth-order valence-electron chi connectivity index (χ4n) is 11.3. The predicted octanol–water partition coefficient (Wildman–Crippen LogP) is 18.2. The number of benzene rings is 10. The summed E-state index contributed by atoms with van der Waals surface area (Å²) in [5.41, 5.74) is 24.1. The van der Waals surface area contributed by atoms with Crippen molar-refractivity contribution < 1.29 is 0 Å². The molecule has 2 aliphatic carbocycles. The summed E-state index contributed by atoms with van der Waals surface area (Å²) >= 11 is 0. The summed E-state index contributed by atoms with van der Waals surface area (Å²) in [6, 6.07) is 82.8. The summed E-state index contributed by atoms with van der Waals surface area (Å²) in [5.74, 6) is 0. The number of anilines is 3. The second kappa shape index (κ2) is 16.2. The molecule has 0 fully saturated rings. The van der Waals surface area contributed by atoms with Crippen molar-refractivity contribution >= 4 is 40.0 Å². The van der Waals surface area contributed by atoms with Crippen molar-refractivity contribution in [2.75, 3.05) is 4.90 Å². The first-order valence-electron chi connectivity index (χ1n) is 23.5. The standard InChI is InChI=1S/C65H49N/c1-3-65(4-2)59-41-45(35-39-53(59)54-40-38-52(42-60(54)65)66(50-25-13-7-14-26-50)51-27-15-8-16-28-51)32-31-44-33-36-47(37-34-44)57-43-58(46-19-9-5-10-20-46)63-55-29-17-23-48-24-18-30-56(61(48)55)64(63)62(57)49-21-11-6-12-22-49/h5-43H,3-4H2,1-2H3/b32-31+. The Labute approximate surface area is 388 Å². The van der Waals surface area contributed by atoms with Crippen LogP contribution in [0.5, 0.6) is 0 Å². The van der Waals surface area contributed by atoms with E-state index >= 15 is 0 Å². The highest BCUT2D eigenvalue weighted by atomic mass is 15.1. The Kier molecular flexibility index (Phi) is 9.72. The van der Waals surface area contributed by atoms with Gasteiger partial charge in [0.05, 0.1) is 0 Å². The van der Waals surface area contributed by atoms with E-state index in [2.05, 4.69) is 255 Å². The van der Waals surface area contributed by atoms with Gasteiger partial charge in [0.2, 0.25) is 0 Å². The van der Waals surface area contributed by atoms with Crippen LogP contribution in [0, 0.1) is 0 Å². The van der Waals surface area contributed by atoms with Crippen LogP contribution in [-0.2, 0) is 5.41 Å². The number of nitrogens with zero attached hydrogens (tertiary/aromatic N) is 1. The van der Waals surface area contributed by atoms with Crippen LogP contribution in [0.2, 0.25) is 0 Å². The summed E-state index contributed by atoms with van der Waals surface area (Å²) in [6.07, 6.45) is 6.62. The second-order valence-corrected chi connectivity index (χ2v) is 17.8. The summed E-state index contributed by atoms with van der Waals surface area (Å²) in [6.45, 7) is 4.72. The fourth-order valence-corrected chi connectivity index (χ4v) is 11.3. The molecule has 0 amide bonds. The van der Waals surface area contributed by atoms with Crippen LogP contribution in [0.25, 0.3) is 89.7 Å². The Hall–Kier alpha value is -8.00. The summed E-state index contributed by atoms with van der Waals surface area (Å²) in [4.78, 5) is 2.38. The van der Waals surface area contributed by atoms with Gasteiger partial charge in [-0.15, -0.1) is 0 Å². The van der Waals surface area contributed by atoms with Gasteiger partial charge in [0, 0.05) is 22.5 Å². The van der Waals surface area contributed by atoms with E-state index in [-0.39, 0.29) is 5.41 Å². The van der Waals surface area contributed by atoms with Gasteiger partial charge < -0.3 is 4.90 Å². The maximum absolute atomic E-state index is 2.46. The van der Waals surface area contributed by atoms with E-state index in [1.54, 1.807) is 0 Å². The Morgan fingerprint density at radius 2 is 0.848 bits per heavy atom. The highest BCUT2D eigenvalue weighted by molar-refractivity contribution is 6.22. The smallest absolute Gasteiger partial charge is 0.0465 e. The maximum Gasteiger partial charge on any atom is 0.0465 e. The van der Waals surface area contributed by atoms with Crippen molar-refractivity contribution in [2.24, 2.45) is 0 Å². The quantitative estimate of drug-likeness (QED) is 0.124. The Bertz CT molecular complexity index is 3410. The van der Waals surface area contributed by atoms with Crippen LogP contribution >= 0.6 is 0 Å². The highest BCUT2D eigenvalue weighted by Crippen LogP contribution is 2.58. The molecule has 66 heavy (non-hydrogen) atoms. The molecule has 0 N–H and O–H groups in total. The van der Waals surface area contributed by atoms with Crippen molar-refractivity contribution in [2.45, 2.75) is 32.1 Å². The maximum atomic E-state index is 2.46. The number of fused-ring (bicyclic) bond motifs is 6. The van der Waals surface area contributed by atoms with Gasteiger partial charge >= 0.3 is 0 Å². The number of hydrogen-bond donors (Lipinski definition) is 0. The number of para-hydroxylation sites is 2. The van der Waals surface area contributed by atoms with Crippen LogP contribution in [0.4, 0.5) is 17.1 Å². The highest BCUT2D eigenvalue weighted by Gasteiger charge is 2.41. The SMILES string of the molecule is CCC1(CC)c2cc(/C=C/c3ccc(-c4cc(-c5ccccc5)c5c(c4-c4ccccc4)-c4cccc6cccc-5c46)cc3)ccc2-c2ccc(N(c3ccccc3)c3ccccc3)cc21. The second-order valence-electron chi connectivity index (χ2n) is 17.8. The van der Waals surface area contributed by atoms with Gasteiger partial charge in [-0.25, -0.2) is 0 Å². The van der Waals surface area contributed by atoms with Crippen LogP contribution < -0.4 is 4.90 Å². The van der Waals surface area contributed by atoms with E-state index in [1.165, 1.54) is 105 Å². The summed E-state index contributed by atoms with van der Waals surface area (Å²) in [5, 5.41) is 2.62. The van der Waals surface area contributed by atoms with Crippen molar-refractivity contribution in [1.82, 2.24) is 0 Å². The average molecular weight is 844 g/mol. The van der Waals surface area contributed by atoms with Gasteiger partial charge in [-0.1, -0.05) is 208 Å². The first-order valence-corrected chi connectivity index (χ1v) is 23.5. The molecule has 314 valence electrons. The largest absolute Gasteiger partial charge is 0.310 e. The van der Waals surface area contributed by atoms with Crippen molar-refractivity contribution in [3.63, 3.8) is 0 Å². The topological polar surface area (TPSA) is 3.24 Å². The molecule has 0 bridgehead atoms. The van der Waals surface area contributed by atoms with Gasteiger partial charge in [-0.05, 0) is 155 Å². The van der Waals surface area contributed by atoms with Gasteiger partial charge in [-0.2, -0.15) is 0 Å². The number of hydrogen-bond acceptors (Lipinski definition) is 1. The molecule has 0 aromatic heterocycles. The van der Waals surface area contributed by atoms with E-state index in [0.29, 0.717) is 0 Å². The lowest BCUT2D eigenvalue weighted by molar-refractivity contribution is 0.490. The molecular weight excluding hydrogens is 795 g/mol. The third kappa shape index (κ3) is 6.38. The molecule has 0 unspecified atom stereocenters. The Morgan fingerprint density at radius 1 is 0.348 bits per heavy atom. The molecule has 0 saturated carbocycles. The minimum absolute atomic E-state index is 0.0803. The molecule has 0 radical (unpaired) electrons. The van der Waals surface area contributed by atoms with Gasteiger partial charge in [-0.3, -0.25) is 0 Å². The molecule has 0 heterocycles. The van der Waals surface area contributed by atoms with Crippen LogP contribution in [0.15, 0.2) is 224 Å². The van der Waals surface area contributed by atoms with E-state index in [9.17, 15) is 0 Å². The van der Waals surface area contributed by atoms with E-state index < -0.39 is 0 Å². The number of rotatable bonds is 10. The van der Waals surface area contributed by atoms with E-state index in [1.807, 2.05) is 0 Å². The van der Waals surface area contributed by atoms with E-state index in [4.69, 9.17) is 0 Å². The first-order chi connectivity index (χ1) is 32.6. The van der Waals surface area contributed by atoms with Crippen molar-refractivity contribution in [3.8, 4) is 66.8 Å². The van der Waals surface area contributed by atoms with Crippen LogP contribution in [0.1, 0.15) is 48.9 Å². The molecule has 0 aliphatic heterocycles. The lowest BCUT2D eigenvalue weighted by Gasteiger charge is -2.32. The molecule has 0 saturated heterocycles. The molecule has 1 heteroatoms. The third-order valence-electron chi connectivity index (χ3n) is 14.5. The van der Waals surface area contributed by atoms with Gasteiger partial charge in [0.1, 0.15) is 0 Å². The predicted molar refractivity (Wildman–Crippen MR) is 282 cm³/mol. The Morgan fingerprint density at radius 3 is 1.47 bits per heavy atom. The minimum Gasteiger partial charge on any atom is -0.310 e. The molecule has 0 spiro atoms. The van der Waals surface area contributed by atoms with E-state index in [0.717, 1.165) is 24.2 Å². The normalized spacial score (nSPS) is 12.9. The molecule has 10 aromatic rings. The molecular formula is C65H49N. The van der Waals surface area contributed by atoms with Gasteiger partial charge in [0.15, 0.2) is 0 Å². The molecule has 10 aromatic carbocycles. The monoisotopic (exact) mass is 843 g/mol. The van der Waals surface area contributed by atoms with Crippen molar-refractivity contribution in [3.05, 3.63) is 247 Å². The summed E-state index contributed by atoms with van der Waals surface area (Å²) in [7, 11) is 0. The van der Waals surface area contributed by atoms with Crippen LogP contribution in [0.3, 0.4) is 0 Å². The minimum atomic E-state index is -0.0803. The fraction of sp³-hybridized carbons (Fsp3) is 0.0769. The lowest BCUT2D eigenvalue weighted by atomic mass is 9.73. The molecule has 0 atom stereocenters. The zero-order valence-electron chi connectivity index (χ0n) is 37.4. The summed E-state index contributed by atoms with van der Waals surface area (Å²) < 4.78 is 0. The molecule has 12 rings (SSSR count). The third-order valence-corrected chi connectivity index (χ3v) is 14.5. The lowest BCUT2D eigenvalue weighted by Crippen LogP contribution is -2.23. The zero-order chi connectivity index (χ0) is 44.2. The van der Waals surface area contributed by atoms with Gasteiger partial charge in [0.25, 0.3) is 0 Å². The molecule has 2 aliphatic rings.